The SMILES string of the molecule is COc1ccsc1S(=O)(=O)N[C@H](C)c1cncc(F)c1. The zero-order chi connectivity index (χ0) is 14.8. The summed E-state index contributed by atoms with van der Waals surface area (Å²) in [5.41, 5.74) is 0.448. The lowest BCUT2D eigenvalue weighted by atomic mass is 10.2. The number of pyridine rings is 1. The maximum absolute atomic E-state index is 13.1. The Morgan fingerprint density at radius 1 is 1.45 bits per heavy atom. The van der Waals surface area contributed by atoms with E-state index in [1.165, 1.54) is 19.4 Å². The number of aromatic nitrogens is 1. The fourth-order valence-electron chi connectivity index (χ4n) is 1.65. The molecule has 0 aromatic carbocycles. The van der Waals surface area contributed by atoms with Crippen LogP contribution in [0.3, 0.4) is 0 Å². The first-order valence-electron chi connectivity index (χ1n) is 5.68. The van der Waals surface area contributed by atoms with Gasteiger partial charge in [0, 0.05) is 12.2 Å². The van der Waals surface area contributed by atoms with Gasteiger partial charge in [-0.3, -0.25) is 4.98 Å². The molecule has 2 heterocycles. The maximum atomic E-state index is 13.1. The van der Waals surface area contributed by atoms with E-state index in [-0.39, 0.29) is 9.96 Å². The maximum Gasteiger partial charge on any atom is 0.254 e. The van der Waals surface area contributed by atoms with Gasteiger partial charge in [-0.2, -0.15) is 0 Å². The lowest BCUT2D eigenvalue weighted by Crippen LogP contribution is -2.26. The van der Waals surface area contributed by atoms with Crippen LogP contribution in [0.4, 0.5) is 4.39 Å². The van der Waals surface area contributed by atoms with E-state index in [9.17, 15) is 12.8 Å². The molecule has 0 saturated carbocycles. The van der Waals surface area contributed by atoms with Crippen molar-refractivity contribution >= 4 is 21.4 Å². The summed E-state index contributed by atoms with van der Waals surface area (Å²) in [5.74, 6) is -0.227. The zero-order valence-electron chi connectivity index (χ0n) is 10.8. The van der Waals surface area contributed by atoms with Crippen molar-refractivity contribution in [3.63, 3.8) is 0 Å². The molecule has 0 unspecified atom stereocenters. The molecule has 8 heteroatoms. The molecule has 2 aromatic heterocycles. The molecule has 2 aromatic rings. The number of nitrogens with one attached hydrogen (secondary N) is 1. The van der Waals surface area contributed by atoms with Gasteiger partial charge in [0.15, 0.2) is 4.21 Å². The van der Waals surface area contributed by atoms with E-state index in [0.717, 1.165) is 17.5 Å². The zero-order valence-corrected chi connectivity index (χ0v) is 12.5. The molecule has 108 valence electrons. The molecule has 2 rings (SSSR count). The Labute approximate surface area is 120 Å². The van der Waals surface area contributed by atoms with Crippen molar-refractivity contribution in [2.24, 2.45) is 0 Å². The Bertz CT molecular complexity index is 700. The molecule has 1 atom stereocenters. The van der Waals surface area contributed by atoms with Crippen molar-refractivity contribution in [3.8, 4) is 5.75 Å². The van der Waals surface area contributed by atoms with Crippen LogP contribution in [0.5, 0.6) is 5.75 Å². The highest BCUT2D eigenvalue weighted by molar-refractivity contribution is 7.91. The van der Waals surface area contributed by atoms with E-state index in [1.807, 2.05) is 0 Å². The summed E-state index contributed by atoms with van der Waals surface area (Å²) in [6.45, 7) is 1.62. The number of thiophene rings is 1. The van der Waals surface area contributed by atoms with Crippen molar-refractivity contribution in [1.82, 2.24) is 9.71 Å². The van der Waals surface area contributed by atoms with Gasteiger partial charge in [0.05, 0.1) is 13.3 Å². The topological polar surface area (TPSA) is 68.3 Å². The highest BCUT2D eigenvalue weighted by Gasteiger charge is 2.24. The Morgan fingerprint density at radius 2 is 2.20 bits per heavy atom. The first-order valence-corrected chi connectivity index (χ1v) is 8.04. The minimum atomic E-state index is -3.73. The summed E-state index contributed by atoms with van der Waals surface area (Å²) < 4.78 is 45.2. The van der Waals surface area contributed by atoms with E-state index < -0.39 is 21.9 Å². The average Bonchev–Trinajstić information content (AvgIpc) is 2.87. The van der Waals surface area contributed by atoms with Crippen molar-refractivity contribution in [1.29, 1.82) is 0 Å². The van der Waals surface area contributed by atoms with Gasteiger partial charge in [0.2, 0.25) is 0 Å². The second kappa shape index (κ2) is 5.86. The molecule has 20 heavy (non-hydrogen) atoms. The fourth-order valence-corrected chi connectivity index (χ4v) is 4.18. The fraction of sp³-hybridized carbons (Fsp3) is 0.250. The molecular weight excluding hydrogens is 303 g/mol. The number of halogens is 1. The molecule has 0 aliphatic rings. The molecule has 0 spiro atoms. The van der Waals surface area contributed by atoms with Gasteiger partial charge in [0.25, 0.3) is 10.0 Å². The molecule has 1 N–H and O–H groups in total. The molecule has 0 aliphatic heterocycles. The van der Waals surface area contributed by atoms with Crippen LogP contribution in [0.25, 0.3) is 0 Å². The van der Waals surface area contributed by atoms with Crippen molar-refractivity contribution in [2.75, 3.05) is 7.11 Å². The Hall–Kier alpha value is -1.51. The van der Waals surface area contributed by atoms with E-state index in [0.29, 0.717) is 5.56 Å². The van der Waals surface area contributed by atoms with E-state index in [2.05, 4.69) is 9.71 Å². The molecule has 0 saturated heterocycles. The first-order chi connectivity index (χ1) is 9.44. The number of rotatable bonds is 5. The largest absolute Gasteiger partial charge is 0.494 e. The molecule has 0 aliphatic carbocycles. The Kier molecular flexibility index (Phi) is 4.36. The summed E-state index contributed by atoms with van der Waals surface area (Å²) in [4.78, 5) is 3.70. The molecular formula is C12H13FN2O3S2. The number of sulfonamides is 1. The first kappa shape index (κ1) is 14.9. The van der Waals surface area contributed by atoms with E-state index >= 15 is 0 Å². The molecule has 0 radical (unpaired) electrons. The van der Waals surface area contributed by atoms with Crippen LogP contribution < -0.4 is 9.46 Å². The number of hydrogen-bond donors (Lipinski definition) is 1. The van der Waals surface area contributed by atoms with Crippen LogP contribution in [0.15, 0.2) is 34.1 Å². The third kappa shape index (κ3) is 3.14. The molecule has 0 amide bonds. The quantitative estimate of drug-likeness (QED) is 0.919. The van der Waals surface area contributed by atoms with Crippen molar-refractivity contribution in [3.05, 3.63) is 41.3 Å². The Balaban J connectivity index is 2.24. The minimum absolute atomic E-state index is 0.0937. The second-order valence-electron chi connectivity index (χ2n) is 4.06. The predicted octanol–water partition coefficient (Wildman–Crippen LogP) is 2.33. The van der Waals surface area contributed by atoms with Crippen LogP contribution in [-0.4, -0.2) is 20.5 Å². The second-order valence-corrected chi connectivity index (χ2v) is 6.88. The number of methoxy groups -OCH3 is 1. The summed E-state index contributed by atoms with van der Waals surface area (Å²) >= 11 is 1.06. The van der Waals surface area contributed by atoms with Crippen molar-refractivity contribution < 1.29 is 17.5 Å². The lowest BCUT2D eigenvalue weighted by Gasteiger charge is -2.14. The minimum Gasteiger partial charge on any atom is -0.494 e. The Morgan fingerprint density at radius 3 is 2.85 bits per heavy atom. The van der Waals surface area contributed by atoms with Gasteiger partial charge >= 0.3 is 0 Å². The summed E-state index contributed by atoms with van der Waals surface area (Å²) in [6, 6.07) is 2.22. The van der Waals surface area contributed by atoms with E-state index in [4.69, 9.17) is 4.74 Å². The smallest absolute Gasteiger partial charge is 0.254 e. The summed E-state index contributed by atoms with van der Waals surface area (Å²) in [6.07, 6.45) is 2.48. The normalized spacial score (nSPS) is 13.2. The molecule has 0 bridgehead atoms. The molecule has 5 nitrogen and oxygen atoms in total. The van der Waals surface area contributed by atoms with Gasteiger partial charge in [-0.15, -0.1) is 11.3 Å². The highest BCUT2D eigenvalue weighted by atomic mass is 32.2. The van der Waals surface area contributed by atoms with Crippen LogP contribution in [-0.2, 0) is 10.0 Å². The number of ether oxygens (including phenoxy) is 1. The number of nitrogens with zero attached hydrogens (tertiary/aromatic N) is 1. The number of hydrogen-bond acceptors (Lipinski definition) is 5. The average molecular weight is 316 g/mol. The van der Waals surface area contributed by atoms with Crippen LogP contribution >= 0.6 is 11.3 Å². The molecule has 0 fully saturated rings. The van der Waals surface area contributed by atoms with Gasteiger partial charge in [-0.25, -0.2) is 17.5 Å². The monoisotopic (exact) mass is 316 g/mol. The van der Waals surface area contributed by atoms with Gasteiger partial charge in [-0.05, 0) is 30.0 Å². The van der Waals surface area contributed by atoms with Gasteiger partial charge in [0.1, 0.15) is 11.6 Å². The third-order valence-corrected chi connectivity index (χ3v) is 5.61. The lowest BCUT2D eigenvalue weighted by molar-refractivity contribution is 0.406. The van der Waals surface area contributed by atoms with E-state index in [1.54, 1.807) is 18.4 Å². The van der Waals surface area contributed by atoms with Crippen LogP contribution in [0, 0.1) is 5.82 Å². The summed E-state index contributed by atoms with van der Waals surface area (Å²) in [5, 5.41) is 1.63. The highest BCUT2D eigenvalue weighted by Crippen LogP contribution is 2.30. The standard InChI is InChI=1S/C12H13FN2O3S2/c1-8(9-5-10(13)7-14-6-9)15-20(16,17)12-11(18-2)3-4-19-12/h3-8,15H,1-2H3/t8-/m1/s1. The van der Waals surface area contributed by atoms with Crippen LogP contribution in [0.1, 0.15) is 18.5 Å². The van der Waals surface area contributed by atoms with Crippen molar-refractivity contribution in [2.45, 2.75) is 17.2 Å². The van der Waals surface area contributed by atoms with Gasteiger partial charge in [-0.1, -0.05) is 0 Å². The van der Waals surface area contributed by atoms with Crippen LogP contribution in [0.2, 0.25) is 0 Å². The summed E-state index contributed by atoms with van der Waals surface area (Å²) in [7, 11) is -2.32. The predicted molar refractivity (Wildman–Crippen MR) is 73.8 cm³/mol. The van der Waals surface area contributed by atoms with Gasteiger partial charge < -0.3 is 4.74 Å². The third-order valence-electron chi connectivity index (χ3n) is 2.62.